The predicted octanol–water partition coefficient (Wildman–Crippen LogP) is 9.61. The maximum Gasteiger partial charge on any atom is 0.0907 e. The molecule has 4 aliphatic heterocycles. The third-order valence-corrected chi connectivity index (χ3v) is 8.03. The van der Waals surface area contributed by atoms with Crippen molar-refractivity contribution in [2.24, 2.45) is 31.2 Å². The summed E-state index contributed by atoms with van der Waals surface area (Å²) in [5.41, 5.74) is 11.7. The minimum absolute atomic E-state index is 0.0836. The van der Waals surface area contributed by atoms with E-state index in [1.165, 1.54) is 17.4 Å². The van der Waals surface area contributed by atoms with Crippen molar-refractivity contribution in [1.29, 1.82) is 0 Å². The number of aliphatic hydroxyl groups excluding tert-OH is 1. The monoisotopic (exact) mass is 562 g/mol. The summed E-state index contributed by atoms with van der Waals surface area (Å²) in [6, 6.07) is 2.24. The Kier molecular flexibility index (Phi) is 6.84. The molecule has 0 atom stereocenters. The van der Waals surface area contributed by atoms with Crippen molar-refractivity contribution in [2.75, 3.05) is 0 Å². The number of rotatable bonds is 0. The lowest BCUT2D eigenvalue weighted by atomic mass is 9.80. The van der Waals surface area contributed by atoms with Crippen molar-refractivity contribution in [3.63, 3.8) is 0 Å². The Morgan fingerprint density at radius 1 is 0.619 bits per heavy atom. The first-order valence-corrected chi connectivity index (χ1v) is 14.9. The third-order valence-electron chi connectivity index (χ3n) is 8.03. The first-order chi connectivity index (χ1) is 19.3. The summed E-state index contributed by atoms with van der Waals surface area (Å²) < 4.78 is 0. The standard InChI is InChI=1S/C37H46N4O/c1-34(2,3)25-14-22-17-32-27(36(7,8)9)19-29(41-32)24(20-42)33-28(37(10,11)12)15-23(40-33)18-31-26(35(4,5)6)13-21(38-31)16-30(25)39-22/h13-20,38,42H,1-12H3. The molecule has 0 saturated carbocycles. The van der Waals surface area contributed by atoms with E-state index >= 15 is 0 Å². The van der Waals surface area contributed by atoms with Crippen LogP contribution >= 0.6 is 0 Å². The van der Waals surface area contributed by atoms with Crippen LogP contribution in [0.1, 0.15) is 100 Å². The number of nitrogens with one attached hydrogen (secondary N) is 1. The lowest BCUT2D eigenvalue weighted by molar-refractivity contribution is 0.472. The van der Waals surface area contributed by atoms with Gasteiger partial charge in [-0.05, 0) is 86.5 Å². The van der Waals surface area contributed by atoms with E-state index in [4.69, 9.17) is 15.0 Å². The van der Waals surface area contributed by atoms with E-state index in [1.807, 2.05) is 0 Å². The molecule has 5 heteroatoms. The molecular weight excluding hydrogens is 516 g/mol. The Morgan fingerprint density at radius 2 is 1.21 bits per heavy atom. The summed E-state index contributed by atoms with van der Waals surface area (Å²) in [5.74, 6) is 0. The van der Waals surface area contributed by atoms with E-state index < -0.39 is 0 Å². The van der Waals surface area contributed by atoms with Crippen LogP contribution < -0.4 is 0 Å². The quantitative estimate of drug-likeness (QED) is 0.304. The fraction of sp³-hybridized carbons (Fsp3) is 0.432. The number of hydrogen-bond donors (Lipinski definition) is 2. The van der Waals surface area contributed by atoms with Crippen molar-refractivity contribution in [1.82, 2.24) is 4.98 Å². The minimum Gasteiger partial charge on any atom is -0.515 e. The fourth-order valence-electron chi connectivity index (χ4n) is 5.80. The van der Waals surface area contributed by atoms with E-state index in [0.717, 1.165) is 51.0 Å². The van der Waals surface area contributed by atoms with E-state index in [-0.39, 0.29) is 21.7 Å². The first kappa shape index (κ1) is 29.8. The molecule has 1 aromatic rings. The van der Waals surface area contributed by atoms with Crippen LogP contribution in [0.15, 0.2) is 91.0 Å². The number of aliphatic hydroxyl groups is 1. The molecule has 2 N–H and O–H groups in total. The van der Waals surface area contributed by atoms with Gasteiger partial charge in [0.2, 0.25) is 0 Å². The molecule has 0 amide bonds. The summed E-state index contributed by atoms with van der Waals surface area (Å²) in [6.45, 7) is 26.5. The largest absolute Gasteiger partial charge is 0.515 e. The van der Waals surface area contributed by atoms with Gasteiger partial charge in [0.15, 0.2) is 0 Å². The molecule has 5 heterocycles. The van der Waals surface area contributed by atoms with Gasteiger partial charge >= 0.3 is 0 Å². The van der Waals surface area contributed by atoms with Crippen LogP contribution in [0.4, 0.5) is 0 Å². The molecule has 8 bridgehead atoms. The molecule has 1 aromatic heterocycles. The smallest absolute Gasteiger partial charge is 0.0907 e. The molecule has 0 aliphatic carbocycles. The Hall–Kier alpha value is -3.73. The Labute approximate surface area is 251 Å². The molecule has 5 nitrogen and oxygen atoms in total. The van der Waals surface area contributed by atoms with Crippen LogP contribution in [0.2, 0.25) is 0 Å². The van der Waals surface area contributed by atoms with Crippen molar-refractivity contribution in [2.45, 2.75) is 88.5 Å². The van der Waals surface area contributed by atoms with Gasteiger partial charge in [0.05, 0.1) is 46.1 Å². The van der Waals surface area contributed by atoms with Crippen LogP contribution in [-0.2, 0) is 5.41 Å². The fourth-order valence-corrected chi connectivity index (χ4v) is 5.80. The third kappa shape index (κ3) is 5.54. The zero-order valence-electron chi connectivity index (χ0n) is 27.4. The van der Waals surface area contributed by atoms with E-state index in [1.54, 1.807) is 0 Å². The van der Waals surface area contributed by atoms with Crippen molar-refractivity contribution in [3.05, 3.63) is 93.0 Å². The predicted molar refractivity (Wildman–Crippen MR) is 179 cm³/mol. The number of nitrogens with zero attached hydrogens (tertiary/aromatic N) is 3. The molecule has 0 radical (unpaired) electrons. The average Bonchev–Trinajstić information content (AvgIpc) is 3.59. The molecule has 5 rings (SSSR count). The minimum atomic E-state index is -0.194. The van der Waals surface area contributed by atoms with Gasteiger partial charge in [-0.3, -0.25) is 0 Å². The van der Waals surface area contributed by atoms with Gasteiger partial charge in [0, 0.05) is 11.4 Å². The summed E-state index contributed by atoms with van der Waals surface area (Å²) in [6.07, 6.45) is 14.0. The number of allylic oxidation sites excluding steroid dienone is 8. The van der Waals surface area contributed by atoms with Crippen LogP contribution in [-0.4, -0.2) is 27.2 Å². The van der Waals surface area contributed by atoms with Gasteiger partial charge in [-0.1, -0.05) is 83.1 Å². The SMILES string of the molecule is CC(C)(C)C1=CC2=NC1=Cc1cc(C(C)(C)C)c([nH]1)C=C1C=C(C(C)(C)C)C(=N1)C(=CO)C1=NC(=C2)C(C(C)(C)C)=C1. The number of fused-ring (bicyclic) bond motifs is 5. The van der Waals surface area contributed by atoms with Gasteiger partial charge in [0.1, 0.15) is 0 Å². The van der Waals surface area contributed by atoms with Gasteiger partial charge in [-0.15, -0.1) is 0 Å². The summed E-state index contributed by atoms with van der Waals surface area (Å²) in [7, 11) is 0. The Balaban J connectivity index is 1.85. The highest BCUT2D eigenvalue weighted by atomic mass is 16.2. The zero-order chi connectivity index (χ0) is 31.0. The maximum atomic E-state index is 10.7. The highest BCUT2D eigenvalue weighted by Gasteiger charge is 2.34. The van der Waals surface area contributed by atoms with Gasteiger partial charge in [-0.2, -0.15) is 0 Å². The van der Waals surface area contributed by atoms with Crippen molar-refractivity contribution < 1.29 is 5.11 Å². The Morgan fingerprint density at radius 3 is 1.79 bits per heavy atom. The number of aliphatic imine (C=N–C) groups is 3. The molecule has 0 unspecified atom stereocenters. The van der Waals surface area contributed by atoms with Gasteiger partial charge in [-0.25, -0.2) is 15.0 Å². The zero-order valence-corrected chi connectivity index (χ0v) is 27.4. The van der Waals surface area contributed by atoms with E-state index in [0.29, 0.717) is 11.3 Å². The second-order valence-corrected chi connectivity index (χ2v) is 15.9. The van der Waals surface area contributed by atoms with Crippen LogP contribution in [0, 0.1) is 16.2 Å². The lowest BCUT2D eigenvalue weighted by Gasteiger charge is -2.22. The molecule has 42 heavy (non-hydrogen) atoms. The van der Waals surface area contributed by atoms with Crippen LogP contribution in [0.3, 0.4) is 0 Å². The highest BCUT2D eigenvalue weighted by Crippen LogP contribution is 2.42. The van der Waals surface area contributed by atoms with Crippen molar-refractivity contribution >= 4 is 29.3 Å². The first-order valence-electron chi connectivity index (χ1n) is 14.9. The normalized spacial score (nSPS) is 20.4. The Bertz CT molecular complexity index is 1670. The highest BCUT2D eigenvalue weighted by molar-refractivity contribution is 6.35. The van der Waals surface area contributed by atoms with E-state index in [2.05, 4.69) is 131 Å². The summed E-state index contributed by atoms with van der Waals surface area (Å²) in [5, 5.41) is 10.7. The van der Waals surface area contributed by atoms with Gasteiger partial charge in [0.25, 0.3) is 0 Å². The summed E-state index contributed by atoms with van der Waals surface area (Å²) in [4.78, 5) is 19.0. The van der Waals surface area contributed by atoms with Crippen LogP contribution in [0.5, 0.6) is 0 Å². The molecular formula is C37H46N4O. The second kappa shape index (κ2) is 9.65. The number of hydrogen-bond acceptors (Lipinski definition) is 4. The van der Waals surface area contributed by atoms with Crippen LogP contribution in [0.25, 0.3) is 12.2 Å². The van der Waals surface area contributed by atoms with Gasteiger partial charge < -0.3 is 10.1 Å². The molecule has 220 valence electrons. The second-order valence-electron chi connectivity index (χ2n) is 15.9. The summed E-state index contributed by atoms with van der Waals surface area (Å²) >= 11 is 0. The molecule has 0 spiro atoms. The van der Waals surface area contributed by atoms with Crippen molar-refractivity contribution in [3.8, 4) is 0 Å². The topological polar surface area (TPSA) is 73.1 Å². The molecule has 4 aliphatic rings. The number of aromatic amines is 1. The average molecular weight is 563 g/mol. The number of H-pyrrole nitrogens is 1. The molecule has 0 aromatic carbocycles. The van der Waals surface area contributed by atoms with E-state index in [9.17, 15) is 5.11 Å². The number of aromatic nitrogens is 1. The molecule has 0 fully saturated rings. The molecule has 0 saturated heterocycles. The maximum absolute atomic E-state index is 10.7. The lowest BCUT2D eigenvalue weighted by Crippen LogP contribution is -2.21.